The molecule has 0 radical (unpaired) electrons. The van der Waals surface area contributed by atoms with Crippen LogP contribution in [0.15, 0.2) is 77.6 Å². The first-order chi connectivity index (χ1) is 18.4. The summed E-state index contributed by atoms with van der Waals surface area (Å²) in [5.41, 5.74) is 4.53. The fraction of sp³-hybridized carbons (Fsp3) is 0.290. The molecule has 3 aromatic carbocycles. The first-order valence-electron chi connectivity index (χ1n) is 12.9. The predicted molar refractivity (Wildman–Crippen MR) is 154 cm³/mol. The summed E-state index contributed by atoms with van der Waals surface area (Å²) in [7, 11) is 1.31. The Balaban J connectivity index is 0.000000773. The Morgan fingerprint density at radius 1 is 0.947 bits per heavy atom. The second-order valence-electron chi connectivity index (χ2n) is 8.21. The molecule has 0 atom stereocenters. The van der Waals surface area contributed by atoms with Crippen LogP contribution in [0.1, 0.15) is 38.8 Å². The monoisotopic (exact) mass is 515 g/mol. The van der Waals surface area contributed by atoms with Gasteiger partial charge in [-0.2, -0.15) is 5.10 Å². The Morgan fingerprint density at radius 2 is 1.53 bits per heavy atom. The molecule has 7 heteroatoms. The van der Waals surface area contributed by atoms with Gasteiger partial charge in [0.25, 0.3) is 12.0 Å². The molecule has 1 amide bonds. The number of carbonyl (C=O) groups is 2. The van der Waals surface area contributed by atoms with Gasteiger partial charge in [-0.1, -0.05) is 80.9 Å². The van der Waals surface area contributed by atoms with E-state index in [1.807, 2.05) is 94.4 Å². The largest absolute Gasteiger partial charge is 0.471 e. The number of amides is 1. The van der Waals surface area contributed by atoms with Crippen molar-refractivity contribution in [2.24, 2.45) is 0 Å². The highest BCUT2D eigenvalue weighted by molar-refractivity contribution is 5.95. The first kappa shape index (κ1) is 30.0. The van der Waals surface area contributed by atoms with Crippen molar-refractivity contribution < 1.29 is 14.3 Å². The summed E-state index contributed by atoms with van der Waals surface area (Å²) in [6.45, 7) is 10.8. The van der Waals surface area contributed by atoms with Crippen LogP contribution in [0, 0.1) is 6.92 Å². The van der Waals surface area contributed by atoms with Gasteiger partial charge in [-0.3, -0.25) is 14.4 Å². The van der Waals surface area contributed by atoms with Crippen molar-refractivity contribution in [3.8, 4) is 11.3 Å². The lowest BCUT2D eigenvalue weighted by molar-refractivity contribution is -0.126. The van der Waals surface area contributed by atoms with Crippen molar-refractivity contribution in [2.45, 2.75) is 47.6 Å². The zero-order chi connectivity index (χ0) is 28.1. The van der Waals surface area contributed by atoms with Crippen LogP contribution in [0.3, 0.4) is 0 Å². The number of benzene rings is 3. The van der Waals surface area contributed by atoms with E-state index < -0.39 is 0 Å². The maximum absolute atomic E-state index is 13.2. The summed E-state index contributed by atoms with van der Waals surface area (Å²) < 4.78 is 5.16. The molecule has 0 aliphatic rings. The summed E-state index contributed by atoms with van der Waals surface area (Å²) in [6.07, 6.45) is 0.943. The van der Waals surface area contributed by atoms with Gasteiger partial charge in [0.05, 0.1) is 18.2 Å². The summed E-state index contributed by atoms with van der Waals surface area (Å²) >= 11 is 0. The highest BCUT2D eigenvalue weighted by Gasteiger charge is 2.18. The number of hydrogen-bond donors (Lipinski definition) is 0. The van der Waals surface area contributed by atoms with Gasteiger partial charge in [0.1, 0.15) is 6.54 Å². The second-order valence-corrected chi connectivity index (χ2v) is 8.21. The minimum Gasteiger partial charge on any atom is -0.471 e. The first-order valence-corrected chi connectivity index (χ1v) is 12.9. The third-order valence-electron chi connectivity index (χ3n) is 5.85. The molecule has 0 saturated heterocycles. The van der Waals surface area contributed by atoms with E-state index in [0.29, 0.717) is 24.1 Å². The number of nitrogens with zero attached hydrogens (tertiary/aromatic N) is 3. The van der Waals surface area contributed by atoms with Crippen LogP contribution in [0.2, 0.25) is 0 Å². The number of methoxy groups -OCH3 is 1. The number of ether oxygens (including phenoxy) is 1. The Bertz CT molecular complexity index is 1380. The molecule has 0 aliphatic carbocycles. The lowest BCUT2D eigenvalue weighted by Crippen LogP contribution is -2.37. The molecule has 200 valence electrons. The van der Waals surface area contributed by atoms with E-state index in [9.17, 15) is 9.59 Å². The number of anilines is 1. The molecule has 38 heavy (non-hydrogen) atoms. The quantitative estimate of drug-likeness (QED) is 0.291. The smallest absolute Gasteiger partial charge is 0.292 e. The fourth-order valence-electron chi connectivity index (χ4n) is 3.89. The number of hydrogen-bond acceptors (Lipinski definition) is 5. The van der Waals surface area contributed by atoms with E-state index in [1.165, 1.54) is 17.4 Å². The molecule has 0 aliphatic heterocycles. The third-order valence-corrected chi connectivity index (χ3v) is 5.85. The van der Waals surface area contributed by atoms with Crippen LogP contribution in [0.5, 0.6) is 0 Å². The van der Waals surface area contributed by atoms with Crippen LogP contribution in [0.4, 0.5) is 5.69 Å². The Morgan fingerprint density at radius 3 is 2.05 bits per heavy atom. The zero-order valence-corrected chi connectivity index (χ0v) is 23.1. The minimum atomic E-state index is -0.262. The number of aromatic nitrogens is 2. The van der Waals surface area contributed by atoms with Crippen LogP contribution in [-0.4, -0.2) is 35.8 Å². The Labute approximate surface area is 224 Å². The molecule has 0 unspecified atom stereocenters. The molecule has 0 spiro atoms. The van der Waals surface area contributed by atoms with E-state index in [0.717, 1.165) is 28.6 Å². The average Bonchev–Trinajstić information content (AvgIpc) is 2.97. The van der Waals surface area contributed by atoms with Gasteiger partial charge in [0.15, 0.2) is 0 Å². The molecular formula is C31H37N3O4. The SMILES string of the molecule is CC.CCc1ccc(N(CC)C(=O)Cn2nc(-c3ccc(C)cc3)c3ccccc3c2=O)cc1.COC=O. The average molecular weight is 516 g/mol. The molecule has 7 nitrogen and oxygen atoms in total. The highest BCUT2D eigenvalue weighted by atomic mass is 16.5. The van der Waals surface area contributed by atoms with Gasteiger partial charge < -0.3 is 9.64 Å². The molecule has 1 aromatic heterocycles. The topological polar surface area (TPSA) is 81.5 Å². The number of fused-ring (bicyclic) bond motifs is 1. The third kappa shape index (κ3) is 7.38. The van der Waals surface area contributed by atoms with Gasteiger partial charge in [0, 0.05) is 23.2 Å². The molecule has 0 saturated carbocycles. The lowest BCUT2D eigenvalue weighted by Gasteiger charge is -2.22. The van der Waals surface area contributed by atoms with Gasteiger partial charge in [0.2, 0.25) is 5.91 Å². The van der Waals surface area contributed by atoms with Crippen LogP contribution < -0.4 is 10.5 Å². The Hall–Kier alpha value is -4.26. The van der Waals surface area contributed by atoms with Gasteiger partial charge in [-0.05, 0) is 44.0 Å². The molecular weight excluding hydrogens is 478 g/mol. The van der Waals surface area contributed by atoms with Gasteiger partial charge in [-0.15, -0.1) is 0 Å². The lowest BCUT2D eigenvalue weighted by atomic mass is 10.0. The summed E-state index contributed by atoms with van der Waals surface area (Å²) in [5.74, 6) is -0.170. The highest BCUT2D eigenvalue weighted by Crippen LogP contribution is 2.25. The second kappa shape index (κ2) is 15.1. The molecule has 1 heterocycles. The normalized spacial score (nSPS) is 9.95. The Kier molecular flexibility index (Phi) is 11.9. The predicted octanol–water partition coefficient (Wildman–Crippen LogP) is 5.80. The van der Waals surface area contributed by atoms with Crippen molar-refractivity contribution in [3.05, 3.63) is 94.3 Å². The van der Waals surface area contributed by atoms with E-state index in [-0.39, 0.29) is 18.0 Å². The van der Waals surface area contributed by atoms with E-state index in [1.54, 1.807) is 11.0 Å². The fourth-order valence-corrected chi connectivity index (χ4v) is 3.89. The summed E-state index contributed by atoms with van der Waals surface area (Å²) in [6, 6.07) is 23.4. The standard InChI is InChI=1S/C27H27N3O2.C2H4O2.C2H6/c1-4-20-12-16-22(17-13-20)29(5-2)25(31)18-30-27(32)24-9-7-6-8-23(24)26(28-30)21-14-10-19(3)11-15-21;1-4-2-3;1-2/h6-17H,4-5,18H2,1-3H3;2H,1H3;1-2H3. The molecule has 4 rings (SSSR count). The molecule has 0 N–H and O–H groups in total. The van der Waals surface area contributed by atoms with Crippen molar-refractivity contribution in [1.82, 2.24) is 9.78 Å². The zero-order valence-electron chi connectivity index (χ0n) is 23.1. The summed E-state index contributed by atoms with van der Waals surface area (Å²) in [5, 5.41) is 5.98. The molecule has 0 bridgehead atoms. The van der Waals surface area contributed by atoms with Gasteiger partial charge >= 0.3 is 0 Å². The van der Waals surface area contributed by atoms with Crippen LogP contribution in [0.25, 0.3) is 22.0 Å². The molecule has 0 fully saturated rings. The molecule has 4 aromatic rings. The van der Waals surface area contributed by atoms with E-state index >= 15 is 0 Å². The van der Waals surface area contributed by atoms with Gasteiger partial charge in [-0.25, -0.2) is 4.68 Å². The number of rotatable bonds is 7. The minimum absolute atomic E-state index is 0.119. The van der Waals surface area contributed by atoms with E-state index in [2.05, 4.69) is 16.8 Å². The van der Waals surface area contributed by atoms with E-state index in [4.69, 9.17) is 4.79 Å². The van der Waals surface area contributed by atoms with Crippen molar-refractivity contribution in [3.63, 3.8) is 0 Å². The summed E-state index contributed by atoms with van der Waals surface area (Å²) in [4.78, 5) is 37.0. The maximum atomic E-state index is 13.2. The van der Waals surface area contributed by atoms with Crippen molar-refractivity contribution >= 4 is 28.8 Å². The maximum Gasteiger partial charge on any atom is 0.292 e. The van der Waals surface area contributed by atoms with Crippen LogP contribution in [-0.2, 0) is 27.3 Å². The number of carbonyl (C=O) groups excluding carboxylic acids is 2. The van der Waals surface area contributed by atoms with Crippen molar-refractivity contribution in [1.29, 1.82) is 0 Å². The number of likely N-dealkylation sites (N-methyl/N-ethyl adjacent to an activating group) is 1. The van der Waals surface area contributed by atoms with Crippen molar-refractivity contribution in [2.75, 3.05) is 18.6 Å². The number of aryl methyl sites for hydroxylation is 2. The van der Waals surface area contributed by atoms with Crippen LogP contribution >= 0.6 is 0 Å².